The minimum Gasteiger partial charge on any atom is -0.481 e. The first-order valence-electron chi connectivity index (χ1n) is 6.07. The number of piperidine rings is 1. The Bertz CT molecular complexity index is 302. The SMILES string of the molecule is CNC(=O)C1CCCCN1CC(C)(C)C(=O)O. The van der Waals surface area contributed by atoms with E-state index in [4.69, 9.17) is 5.11 Å². The molecule has 0 aromatic rings. The Hall–Kier alpha value is -1.10. The second-order valence-electron chi connectivity index (χ2n) is 5.29. The summed E-state index contributed by atoms with van der Waals surface area (Å²) in [4.78, 5) is 24.8. The third kappa shape index (κ3) is 3.43. The molecule has 0 saturated carbocycles. The lowest BCUT2D eigenvalue weighted by molar-refractivity contribution is -0.149. The van der Waals surface area contributed by atoms with Crippen molar-refractivity contribution in [2.45, 2.75) is 39.2 Å². The van der Waals surface area contributed by atoms with Crippen molar-refractivity contribution in [1.29, 1.82) is 0 Å². The third-order valence-corrected chi connectivity index (χ3v) is 3.34. The van der Waals surface area contributed by atoms with Gasteiger partial charge in [0, 0.05) is 13.6 Å². The van der Waals surface area contributed by atoms with Crippen LogP contribution < -0.4 is 5.32 Å². The van der Waals surface area contributed by atoms with Gasteiger partial charge in [0.05, 0.1) is 11.5 Å². The number of likely N-dealkylation sites (tertiary alicyclic amines) is 1. The summed E-state index contributed by atoms with van der Waals surface area (Å²) in [6.45, 7) is 4.62. The van der Waals surface area contributed by atoms with Crippen LogP contribution in [0.4, 0.5) is 0 Å². The molecule has 0 radical (unpaired) electrons. The highest BCUT2D eigenvalue weighted by molar-refractivity contribution is 5.81. The van der Waals surface area contributed by atoms with Crippen LogP contribution in [0.25, 0.3) is 0 Å². The van der Waals surface area contributed by atoms with Crippen LogP contribution in [0, 0.1) is 5.41 Å². The Morgan fingerprint density at radius 3 is 2.59 bits per heavy atom. The molecule has 17 heavy (non-hydrogen) atoms. The van der Waals surface area contributed by atoms with E-state index in [0.717, 1.165) is 25.8 Å². The topological polar surface area (TPSA) is 69.6 Å². The third-order valence-electron chi connectivity index (χ3n) is 3.34. The van der Waals surface area contributed by atoms with Crippen LogP contribution in [0.1, 0.15) is 33.1 Å². The monoisotopic (exact) mass is 242 g/mol. The fraction of sp³-hybridized carbons (Fsp3) is 0.833. The molecule has 1 atom stereocenters. The van der Waals surface area contributed by atoms with Crippen molar-refractivity contribution < 1.29 is 14.7 Å². The maximum absolute atomic E-state index is 11.7. The van der Waals surface area contributed by atoms with Gasteiger partial charge >= 0.3 is 5.97 Å². The van der Waals surface area contributed by atoms with E-state index < -0.39 is 11.4 Å². The van der Waals surface area contributed by atoms with E-state index in [1.165, 1.54) is 0 Å². The van der Waals surface area contributed by atoms with Gasteiger partial charge in [-0.15, -0.1) is 0 Å². The Morgan fingerprint density at radius 1 is 1.41 bits per heavy atom. The standard InChI is InChI=1S/C12H22N2O3/c1-12(2,11(16)17)8-14-7-5-4-6-9(14)10(15)13-3/h9H,4-8H2,1-3H3,(H,13,15)(H,16,17). The molecule has 0 aliphatic carbocycles. The van der Waals surface area contributed by atoms with Crippen LogP contribution in [0.5, 0.6) is 0 Å². The summed E-state index contributed by atoms with van der Waals surface area (Å²) < 4.78 is 0. The molecular formula is C12H22N2O3. The molecular weight excluding hydrogens is 220 g/mol. The molecule has 5 heteroatoms. The predicted octanol–water partition coefficient (Wildman–Crippen LogP) is 0.698. The number of nitrogens with zero attached hydrogens (tertiary/aromatic N) is 1. The summed E-state index contributed by atoms with van der Waals surface area (Å²) in [6, 6.07) is -0.174. The zero-order valence-electron chi connectivity index (χ0n) is 10.8. The van der Waals surface area contributed by atoms with Crippen LogP contribution >= 0.6 is 0 Å². The Labute approximate surface area is 102 Å². The maximum Gasteiger partial charge on any atom is 0.310 e. The van der Waals surface area contributed by atoms with Crippen LogP contribution in [0.2, 0.25) is 0 Å². The van der Waals surface area contributed by atoms with E-state index >= 15 is 0 Å². The van der Waals surface area contributed by atoms with Crippen LogP contribution in [-0.2, 0) is 9.59 Å². The fourth-order valence-electron chi connectivity index (χ4n) is 2.22. The first-order chi connectivity index (χ1) is 7.88. The molecule has 1 saturated heterocycles. The molecule has 1 heterocycles. The quantitative estimate of drug-likeness (QED) is 0.761. The molecule has 1 rings (SSSR count). The van der Waals surface area contributed by atoms with Gasteiger partial charge in [0.15, 0.2) is 0 Å². The summed E-state index contributed by atoms with van der Waals surface area (Å²) in [5.41, 5.74) is -0.816. The lowest BCUT2D eigenvalue weighted by atomic mass is 9.90. The molecule has 0 aromatic carbocycles. The molecule has 1 amide bonds. The number of hydrogen-bond donors (Lipinski definition) is 2. The average Bonchev–Trinajstić information content (AvgIpc) is 2.28. The van der Waals surface area contributed by atoms with Gasteiger partial charge in [-0.1, -0.05) is 6.42 Å². The van der Waals surface area contributed by atoms with Crippen molar-refractivity contribution in [3.63, 3.8) is 0 Å². The molecule has 1 unspecified atom stereocenters. The summed E-state index contributed by atoms with van der Waals surface area (Å²) >= 11 is 0. The zero-order chi connectivity index (χ0) is 13.1. The number of amides is 1. The fourth-order valence-corrected chi connectivity index (χ4v) is 2.22. The van der Waals surface area contributed by atoms with Crippen molar-refractivity contribution in [3.05, 3.63) is 0 Å². The molecule has 1 fully saturated rings. The van der Waals surface area contributed by atoms with Crippen molar-refractivity contribution in [2.24, 2.45) is 5.41 Å². The first-order valence-corrected chi connectivity index (χ1v) is 6.07. The Morgan fingerprint density at radius 2 is 2.06 bits per heavy atom. The van der Waals surface area contributed by atoms with E-state index in [1.54, 1.807) is 20.9 Å². The van der Waals surface area contributed by atoms with Crippen molar-refractivity contribution in [2.75, 3.05) is 20.1 Å². The van der Waals surface area contributed by atoms with Gasteiger partial charge in [-0.05, 0) is 33.2 Å². The molecule has 1 aliphatic heterocycles. The van der Waals surface area contributed by atoms with Gasteiger partial charge in [-0.25, -0.2) is 0 Å². The van der Waals surface area contributed by atoms with Gasteiger partial charge in [0.1, 0.15) is 0 Å². The molecule has 1 aliphatic rings. The minimum absolute atomic E-state index is 0.00844. The number of carboxylic acids is 1. The number of hydrogen-bond acceptors (Lipinski definition) is 3. The van der Waals surface area contributed by atoms with Gasteiger partial charge < -0.3 is 10.4 Å². The molecule has 0 bridgehead atoms. The summed E-state index contributed by atoms with van der Waals surface area (Å²) in [5.74, 6) is -0.829. The zero-order valence-corrected chi connectivity index (χ0v) is 10.8. The number of nitrogens with one attached hydrogen (secondary N) is 1. The second kappa shape index (κ2) is 5.49. The highest BCUT2D eigenvalue weighted by atomic mass is 16.4. The maximum atomic E-state index is 11.7. The largest absolute Gasteiger partial charge is 0.481 e. The highest BCUT2D eigenvalue weighted by Crippen LogP contribution is 2.24. The average molecular weight is 242 g/mol. The lowest BCUT2D eigenvalue weighted by Gasteiger charge is -2.38. The predicted molar refractivity (Wildman–Crippen MR) is 64.7 cm³/mol. The lowest BCUT2D eigenvalue weighted by Crippen LogP contribution is -2.52. The number of carbonyl (C=O) groups is 2. The molecule has 98 valence electrons. The summed E-state index contributed by atoms with van der Waals surface area (Å²) in [5, 5.41) is 11.8. The van der Waals surface area contributed by atoms with Gasteiger partial charge in [-0.3, -0.25) is 14.5 Å². The molecule has 0 aromatic heterocycles. The number of carboxylic acid groups (broad SMARTS) is 1. The van der Waals surface area contributed by atoms with Crippen LogP contribution in [0.3, 0.4) is 0 Å². The van der Waals surface area contributed by atoms with Gasteiger partial charge in [-0.2, -0.15) is 0 Å². The Balaban J connectivity index is 2.72. The van der Waals surface area contributed by atoms with Gasteiger partial charge in [0.25, 0.3) is 0 Å². The molecule has 0 spiro atoms. The highest BCUT2D eigenvalue weighted by Gasteiger charge is 2.35. The van der Waals surface area contributed by atoms with Crippen molar-refractivity contribution >= 4 is 11.9 Å². The molecule has 5 nitrogen and oxygen atoms in total. The Kier molecular flexibility index (Phi) is 4.51. The van der Waals surface area contributed by atoms with Gasteiger partial charge in [0.2, 0.25) is 5.91 Å². The van der Waals surface area contributed by atoms with E-state index in [9.17, 15) is 9.59 Å². The van der Waals surface area contributed by atoms with E-state index in [2.05, 4.69) is 5.32 Å². The van der Waals surface area contributed by atoms with Crippen LogP contribution in [0.15, 0.2) is 0 Å². The minimum atomic E-state index is -0.821. The number of carbonyl (C=O) groups excluding carboxylic acids is 1. The second-order valence-corrected chi connectivity index (χ2v) is 5.29. The molecule has 2 N–H and O–H groups in total. The number of aliphatic carboxylic acids is 1. The number of rotatable bonds is 4. The van der Waals surface area contributed by atoms with E-state index in [0.29, 0.717) is 6.54 Å². The van der Waals surface area contributed by atoms with Crippen LogP contribution in [-0.4, -0.2) is 48.1 Å². The number of likely N-dealkylation sites (N-methyl/N-ethyl adjacent to an activating group) is 1. The summed E-state index contributed by atoms with van der Waals surface area (Å²) in [7, 11) is 1.62. The van der Waals surface area contributed by atoms with E-state index in [1.807, 2.05) is 4.90 Å². The van der Waals surface area contributed by atoms with E-state index in [-0.39, 0.29) is 11.9 Å². The smallest absolute Gasteiger partial charge is 0.310 e. The normalized spacial score (nSPS) is 22.2. The first kappa shape index (κ1) is 14.0. The van der Waals surface area contributed by atoms with Crippen molar-refractivity contribution in [3.8, 4) is 0 Å². The van der Waals surface area contributed by atoms with Crippen molar-refractivity contribution in [1.82, 2.24) is 10.2 Å². The summed E-state index contributed by atoms with van der Waals surface area (Å²) in [6.07, 6.45) is 2.88.